The van der Waals surface area contributed by atoms with Gasteiger partial charge >= 0.3 is 0 Å². The molecule has 1 aliphatic heterocycles. The summed E-state index contributed by atoms with van der Waals surface area (Å²) in [7, 11) is 1.67. The lowest BCUT2D eigenvalue weighted by Crippen LogP contribution is -2.09. The first-order valence-corrected chi connectivity index (χ1v) is 7.45. The Balaban J connectivity index is 1.81. The lowest BCUT2D eigenvalue weighted by Gasteiger charge is -2.13. The molecule has 1 aromatic rings. The largest absolute Gasteiger partial charge is 0.497 e. The Hall–Kier alpha value is -1.26. The van der Waals surface area contributed by atoms with E-state index in [9.17, 15) is 0 Å². The van der Waals surface area contributed by atoms with Gasteiger partial charge in [-0.15, -0.1) is 0 Å². The molecule has 1 fully saturated rings. The summed E-state index contributed by atoms with van der Waals surface area (Å²) in [6.07, 6.45) is 5.75. The first-order chi connectivity index (χ1) is 9.83. The molecule has 1 aliphatic rings. The summed E-state index contributed by atoms with van der Waals surface area (Å²) in [5.41, 5.74) is 6.76. The number of ether oxygens (including phenoxy) is 3. The molecule has 1 unspecified atom stereocenters. The first-order valence-electron chi connectivity index (χ1n) is 7.45. The molecular weight excluding hydrogens is 254 g/mol. The van der Waals surface area contributed by atoms with E-state index in [0.29, 0.717) is 12.6 Å². The van der Waals surface area contributed by atoms with Crippen LogP contribution in [-0.2, 0) is 11.2 Å². The Morgan fingerprint density at radius 2 is 2.30 bits per heavy atom. The molecule has 2 rings (SSSR count). The molecule has 2 N–H and O–H groups in total. The van der Waals surface area contributed by atoms with Crippen molar-refractivity contribution in [3.05, 3.63) is 23.8 Å². The van der Waals surface area contributed by atoms with E-state index in [2.05, 4.69) is 0 Å². The van der Waals surface area contributed by atoms with Gasteiger partial charge in [0.1, 0.15) is 11.5 Å². The summed E-state index contributed by atoms with van der Waals surface area (Å²) < 4.78 is 16.7. The van der Waals surface area contributed by atoms with Crippen LogP contribution in [0.4, 0.5) is 0 Å². The van der Waals surface area contributed by atoms with Crippen molar-refractivity contribution in [2.24, 2.45) is 5.73 Å². The summed E-state index contributed by atoms with van der Waals surface area (Å²) in [4.78, 5) is 0. The number of benzene rings is 1. The highest BCUT2D eigenvalue weighted by atomic mass is 16.5. The number of hydrogen-bond acceptors (Lipinski definition) is 4. The minimum atomic E-state index is 0.443. The fourth-order valence-corrected chi connectivity index (χ4v) is 2.54. The molecule has 4 heteroatoms. The second-order valence-electron chi connectivity index (χ2n) is 5.14. The molecule has 0 aliphatic carbocycles. The monoisotopic (exact) mass is 279 g/mol. The predicted octanol–water partition coefficient (Wildman–Crippen LogP) is 2.53. The summed E-state index contributed by atoms with van der Waals surface area (Å²) in [6.45, 7) is 2.26. The Bertz CT molecular complexity index is 403. The second-order valence-corrected chi connectivity index (χ2v) is 5.14. The smallest absolute Gasteiger partial charge is 0.122 e. The molecule has 1 heterocycles. The van der Waals surface area contributed by atoms with Crippen molar-refractivity contribution in [1.82, 2.24) is 0 Å². The van der Waals surface area contributed by atoms with Crippen LogP contribution < -0.4 is 15.2 Å². The molecule has 1 saturated heterocycles. The lowest BCUT2D eigenvalue weighted by molar-refractivity contribution is 0.0981. The lowest BCUT2D eigenvalue weighted by atomic mass is 10.1. The maximum Gasteiger partial charge on any atom is 0.122 e. The Morgan fingerprint density at radius 1 is 1.40 bits per heavy atom. The molecule has 0 saturated carbocycles. The van der Waals surface area contributed by atoms with Gasteiger partial charge in [0.15, 0.2) is 0 Å². The third-order valence-electron chi connectivity index (χ3n) is 3.63. The van der Waals surface area contributed by atoms with Crippen LogP contribution in [0.5, 0.6) is 11.5 Å². The average Bonchev–Trinajstić information content (AvgIpc) is 2.98. The van der Waals surface area contributed by atoms with Crippen LogP contribution in [0.15, 0.2) is 18.2 Å². The Labute approximate surface area is 121 Å². The third kappa shape index (κ3) is 4.39. The molecular formula is C16H25NO3. The number of hydrogen-bond donors (Lipinski definition) is 1. The topological polar surface area (TPSA) is 53.7 Å². The van der Waals surface area contributed by atoms with E-state index in [0.717, 1.165) is 49.5 Å². The van der Waals surface area contributed by atoms with Crippen molar-refractivity contribution in [3.8, 4) is 11.5 Å². The minimum absolute atomic E-state index is 0.443. The van der Waals surface area contributed by atoms with E-state index in [4.69, 9.17) is 19.9 Å². The van der Waals surface area contributed by atoms with Gasteiger partial charge in [0, 0.05) is 6.61 Å². The number of rotatable bonds is 8. The third-order valence-corrected chi connectivity index (χ3v) is 3.63. The van der Waals surface area contributed by atoms with Crippen LogP contribution in [0.25, 0.3) is 0 Å². The average molecular weight is 279 g/mol. The van der Waals surface area contributed by atoms with Gasteiger partial charge in [-0.1, -0.05) is 0 Å². The maximum atomic E-state index is 5.88. The molecule has 112 valence electrons. The highest BCUT2D eigenvalue weighted by Crippen LogP contribution is 2.25. The molecule has 0 bridgehead atoms. The van der Waals surface area contributed by atoms with Gasteiger partial charge in [-0.3, -0.25) is 0 Å². The highest BCUT2D eigenvalue weighted by molar-refractivity contribution is 5.40. The van der Waals surface area contributed by atoms with Crippen molar-refractivity contribution < 1.29 is 14.2 Å². The van der Waals surface area contributed by atoms with E-state index in [1.807, 2.05) is 18.2 Å². The predicted molar refractivity (Wildman–Crippen MR) is 79.5 cm³/mol. The maximum absolute atomic E-state index is 5.88. The zero-order valence-electron chi connectivity index (χ0n) is 12.3. The van der Waals surface area contributed by atoms with E-state index in [-0.39, 0.29) is 0 Å². The van der Waals surface area contributed by atoms with Crippen LogP contribution in [-0.4, -0.2) is 33.0 Å². The standard InChI is InChI=1S/C16H25NO3/c1-18-15-6-7-16(13(12-15)8-9-17)20-11-3-5-14-4-2-10-19-14/h6-7,12,14H,2-5,8-11,17H2,1H3. The first kappa shape index (κ1) is 15.1. The summed E-state index contributed by atoms with van der Waals surface area (Å²) in [6, 6.07) is 5.90. The van der Waals surface area contributed by atoms with Gasteiger partial charge in [-0.05, 0) is 62.4 Å². The summed E-state index contributed by atoms with van der Waals surface area (Å²) in [5.74, 6) is 1.77. The Morgan fingerprint density at radius 3 is 3.00 bits per heavy atom. The molecule has 0 amide bonds. The molecule has 0 radical (unpaired) electrons. The highest BCUT2D eigenvalue weighted by Gasteiger charge is 2.14. The number of nitrogens with two attached hydrogens (primary N) is 1. The van der Waals surface area contributed by atoms with E-state index < -0.39 is 0 Å². The van der Waals surface area contributed by atoms with E-state index in [1.165, 1.54) is 12.8 Å². The molecule has 0 aromatic heterocycles. The second kappa shape index (κ2) is 8.12. The van der Waals surface area contributed by atoms with Crippen LogP contribution in [0.1, 0.15) is 31.2 Å². The molecule has 1 aromatic carbocycles. The van der Waals surface area contributed by atoms with Gasteiger partial charge in [-0.25, -0.2) is 0 Å². The number of methoxy groups -OCH3 is 1. The summed E-state index contributed by atoms with van der Waals surface area (Å²) in [5, 5.41) is 0. The van der Waals surface area contributed by atoms with Crippen LogP contribution in [0.3, 0.4) is 0 Å². The molecule has 0 spiro atoms. The zero-order valence-corrected chi connectivity index (χ0v) is 12.3. The van der Waals surface area contributed by atoms with Crippen molar-refractivity contribution in [2.75, 3.05) is 26.9 Å². The SMILES string of the molecule is COc1ccc(OCCCC2CCCO2)c(CCN)c1. The van der Waals surface area contributed by atoms with Crippen molar-refractivity contribution in [3.63, 3.8) is 0 Å². The summed E-state index contributed by atoms with van der Waals surface area (Å²) >= 11 is 0. The minimum Gasteiger partial charge on any atom is -0.497 e. The fraction of sp³-hybridized carbons (Fsp3) is 0.625. The normalized spacial score (nSPS) is 18.2. The molecule has 4 nitrogen and oxygen atoms in total. The van der Waals surface area contributed by atoms with Crippen LogP contribution in [0, 0.1) is 0 Å². The van der Waals surface area contributed by atoms with Crippen LogP contribution in [0.2, 0.25) is 0 Å². The molecule has 20 heavy (non-hydrogen) atoms. The van der Waals surface area contributed by atoms with E-state index >= 15 is 0 Å². The van der Waals surface area contributed by atoms with Crippen LogP contribution >= 0.6 is 0 Å². The van der Waals surface area contributed by atoms with Gasteiger partial charge < -0.3 is 19.9 Å². The van der Waals surface area contributed by atoms with Crippen molar-refractivity contribution in [2.45, 2.75) is 38.2 Å². The van der Waals surface area contributed by atoms with Crippen molar-refractivity contribution >= 4 is 0 Å². The van der Waals surface area contributed by atoms with Gasteiger partial charge in [-0.2, -0.15) is 0 Å². The van der Waals surface area contributed by atoms with Gasteiger partial charge in [0.2, 0.25) is 0 Å². The van der Waals surface area contributed by atoms with Crippen molar-refractivity contribution in [1.29, 1.82) is 0 Å². The fourth-order valence-electron chi connectivity index (χ4n) is 2.54. The molecule has 1 atom stereocenters. The van der Waals surface area contributed by atoms with Gasteiger partial charge in [0.05, 0.1) is 19.8 Å². The zero-order chi connectivity index (χ0) is 14.2. The quantitative estimate of drug-likeness (QED) is 0.743. The van der Waals surface area contributed by atoms with Gasteiger partial charge in [0.25, 0.3) is 0 Å². The Kier molecular flexibility index (Phi) is 6.15. The van der Waals surface area contributed by atoms with E-state index in [1.54, 1.807) is 7.11 Å².